The van der Waals surface area contributed by atoms with Crippen LogP contribution >= 0.6 is 0 Å². The van der Waals surface area contributed by atoms with Crippen LogP contribution in [0.4, 0.5) is 21.1 Å². The van der Waals surface area contributed by atoms with E-state index in [0.29, 0.717) is 61.5 Å². The summed E-state index contributed by atoms with van der Waals surface area (Å²) < 4.78 is 29.8. The van der Waals surface area contributed by atoms with Gasteiger partial charge in [0, 0.05) is 69.0 Å². The van der Waals surface area contributed by atoms with Crippen molar-refractivity contribution in [2.45, 2.75) is 162 Å². The molecule has 2 heterocycles. The first-order valence-corrected chi connectivity index (χ1v) is 29.9. The highest BCUT2D eigenvalue weighted by molar-refractivity contribution is 5.99. The van der Waals surface area contributed by atoms with Crippen molar-refractivity contribution in [3.05, 3.63) is 46.1 Å². The van der Waals surface area contributed by atoms with Crippen LogP contribution in [0.1, 0.15) is 129 Å². The Hall–Kier alpha value is -8.08. The molecule has 1 fully saturated rings. The lowest BCUT2D eigenvalue weighted by atomic mass is 9.82. The molecule has 1 aliphatic carbocycles. The number of nitrogens with zero attached hydrogens (tertiary/aromatic N) is 7. The van der Waals surface area contributed by atoms with E-state index in [9.17, 15) is 43.5 Å². The molecule has 0 unspecified atom stereocenters. The molecule has 0 bridgehead atoms. The van der Waals surface area contributed by atoms with E-state index in [-0.39, 0.29) is 102 Å². The SMILES string of the molecule is CCCCc1nc2c(N)nnc(OC(C)C)c2n1C[C@H]1CC[C@H](CNC(=O)OCc2ccc(NC(=O)[C@H](CCCNC(N)=O)NC(=O)[C@@H](NC(=O)[C@H](CCC(=O)O)NC(=O)CCCC(=O)NCCOCCOCCOCCN=[N+]=[N-])C(C)C)cc2)CC1. The molecule has 482 valence electrons. The van der Waals surface area contributed by atoms with Crippen molar-refractivity contribution in [3.8, 4) is 5.88 Å². The molecule has 87 heavy (non-hydrogen) atoms. The van der Waals surface area contributed by atoms with Crippen molar-refractivity contribution in [3.63, 3.8) is 0 Å². The molecule has 8 amide bonds. The minimum Gasteiger partial charge on any atom is -0.481 e. The van der Waals surface area contributed by atoms with Crippen LogP contribution in [0.2, 0.25) is 0 Å². The van der Waals surface area contributed by atoms with E-state index in [1.807, 2.05) is 13.8 Å². The van der Waals surface area contributed by atoms with E-state index in [1.54, 1.807) is 38.1 Å². The summed E-state index contributed by atoms with van der Waals surface area (Å²) in [4.78, 5) is 110. The van der Waals surface area contributed by atoms with Crippen LogP contribution in [0.5, 0.6) is 5.88 Å². The van der Waals surface area contributed by atoms with Crippen molar-refractivity contribution in [2.75, 3.05) is 76.9 Å². The third-order valence-electron chi connectivity index (χ3n) is 14.0. The van der Waals surface area contributed by atoms with E-state index in [1.165, 1.54) is 0 Å². The fourth-order valence-electron chi connectivity index (χ4n) is 9.42. The standard InChI is InChI=1S/C57H90N16O14/c1-6-7-11-44-68-49-50(55(87-37(4)5)71-70-51(49)58)73(44)34-39-16-14-38(15-17-39)33-63-57(82)86-35-40-18-20-41(21-19-40)65-52(78)42(10-9-24-62-56(59)81)67-54(80)48(36(2)3)69-53(79)43(22-23-47(76)77)66-46(75)13-8-12-45(74)61-25-27-83-29-31-85-32-30-84-28-26-64-72-60/h18-21,36-39,42-43,48H,6-17,22-35H2,1-5H3,(H2,58,70)(H,61,74)(H,63,82)(H,65,78)(H,66,75)(H,67,80)(H,69,79)(H,76,77)(H3,59,62,81)/t38-,39-,42-,43-,48-/m0/s1. The molecular weight excluding hydrogens is 1130 g/mol. The second kappa shape index (κ2) is 39.6. The third-order valence-corrected chi connectivity index (χ3v) is 14.0. The zero-order chi connectivity index (χ0) is 63.5. The number of carbonyl (C=O) groups is 8. The number of anilines is 2. The van der Waals surface area contributed by atoms with Crippen LogP contribution in [0, 0.1) is 17.8 Å². The zero-order valence-electron chi connectivity index (χ0n) is 50.8. The van der Waals surface area contributed by atoms with E-state index < -0.39 is 72.2 Å². The summed E-state index contributed by atoms with van der Waals surface area (Å²) in [7, 11) is 0. The summed E-state index contributed by atoms with van der Waals surface area (Å²) in [5.74, 6) is -2.68. The molecule has 1 saturated carbocycles. The van der Waals surface area contributed by atoms with Crippen LogP contribution in [-0.2, 0) is 67.3 Å². The molecule has 1 aromatic carbocycles. The first-order chi connectivity index (χ1) is 41.8. The molecule has 4 rings (SSSR count). The Kier molecular flexibility index (Phi) is 32.5. The van der Waals surface area contributed by atoms with Gasteiger partial charge < -0.3 is 82.0 Å². The van der Waals surface area contributed by atoms with Gasteiger partial charge in [-0.25, -0.2) is 14.6 Å². The van der Waals surface area contributed by atoms with Crippen molar-refractivity contribution >= 4 is 70.2 Å². The molecule has 30 heteroatoms. The number of hydrogen-bond acceptors (Lipinski definition) is 18. The Morgan fingerprint density at radius 2 is 1.43 bits per heavy atom. The Labute approximate surface area is 506 Å². The van der Waals surface area contributed by atoms with Gasteiger partial charge in [0.2, 0.25) is 29.5 Å². The zero-order valence-corrected chi connectivity index (χ0v) is 50.8. The number of imidazole rings is 1. The predicted octanol–water partition coefficient (Wildman–Crippen LogP) is 4.28. The van der Waals surface area contributed by atoms with Gasteiger partial charge in [0.25, 0.3) is 5.88 Å². The summed E-state index contributed by atoms with van der Waals surface area (Å²) in [6.07, 6.45) is 5.24. The average Bonchev–Trinajstić information content (AvgIpc) is 1.95. The van der Waals surface area contributed by atoms with Gasteiger partial charge in [0.05, 0.1) is 45.7 Å². The number of benzene rings is 1. The fourth-order valence-corrected chi connectivity index (χ4v) is 9.42. The van der Waals surface area contributed by atoms with Crippen molar-refractivity contribution < 1.29 is 67.1 Å². The summed E-state index contributed by atoms with van der Waals surface area (Å²) in [5, 5.41) is 39.8. The molecule has 1 aliphatic rings. The Bertz CT molecular complexity index is 2720. The highest BCUT2D eigenvalue weighted by Gasteiger charge is 2.32. The number of nitrogens with two attached hydrogens (primary N) is 2. The molecule has 0 radical (unpaired) electrons. The number of carbonyl (C=O) groups excluding carboxylic acids is 7. The second-order valence-corrected chi connectivity index (χ2v) is 21.8. The summed E-state index contributed by atoms with van der Waals surface area (Å²) in [5.41, 5.74) is 22.1. The lowest BCUT2D eigenvalue weighted by molar-refractivity contribution is -0.138. The van der Waals surface area contributed by atoms with E-state index in [2.05, 4.69) is 68.9 Å². The van der Waals surface area contributed by atoms with E-state index >= 15 is 0 Å². The largest absolute Gasteiger partial charge is 0.481 e. The predicted molar refractivity (Wildman–Crippen MR) is 320 cm³/mol. The van der Waals surface area contributed by atoms with Crippen molar-refractivity contribution in [1.82, 2.24) is 51.6 Å². The minimum atomic E-state index is -1.36. The normalized spacial score (nSPS) is 14.9. The van der Waals surface area contributed by atoms with Crippen LogP contribution in [0.3, 0.4) is 0 Å². The van der Waals surface area contributed by atoms with Crippen molar-refractivity contribution in [2.24, 2.45) is 28.6 Å². The number of unbranched alkanes of at least 4 members (excludes halogenated alkanes) is 1. The number of azide groups is 1. The van der Waals surface area contributed by atoms with Crippen LogP contribution in [0.25, 0.3) is 21.5 Å². The first-order valence-electron chi connectivity index (χ1n) is 29.9. The number of carboxylic acids is 1. The van der Waals surface area contributed by atoms with Gasteiger partial charge in [-0.05, 0) is 113 Å². The molecule has 3 aromatic rings. The number of nitrogen functional groups attached to an aromatic ring is 1. The van der Waals surface area contributed by atoms with Gasteiger partial charge in [0.1, 0.15) is 41.6 Å². The van der Waals surface area contributed by atoms with Crippen LogP contribution in [0.15, 0.2) is 29.4 Å². The number of ether oxygens (including phenoxy) is 5. The Morgan fingerprint density at radius 1 is 0.759 bits per heavy atom. The number of amides is 8. The van der Waals surface area contributed by atoms with Gasteiger partial charge in [-0.1, -0.05) is 44.4 Å². The van der Waals surface area contributed by atoms with Gasteiger partial charge in [-0.3, -0.25) is 28.8 Å². The molecule has 0 saturated heterocycles. The molecule has 0 spiro atoms. The first kappa shape index (κ1) is 71.4. The number of nitrogens with one attached hydrogen (secondary N) is 7. The fraction of sp³-hybridized carbons (Fsp3) is 0.667. The number of carboxylic acid groups (broad SMARTS) is 1. The summed E-state index contributed by atoms with van der Waals surface area (Å²) in [6.45, 7) is 12.8. The van der Waals surface area contributed by atoms with Crippen LogP contribution in [-0.4, -0.2) is 163 Å². The number of aromatic nitrogens is 4. The molecule has 3 atom stereocenters. The van der Waals surface area contributed by atoms with Gasteiger partial charge in [-0.15, -0.1) is 10.2 Å². The average molecular weight is 1220 g/mol. The molecule has 0 aliphatic heterocycles. The van der Waals surface area contributed by atoms with Gasteiger partial charge in [-0.2, -0.15) is 0 Å². The highest BCUT2D eigenvalue weighted by Crippen LogP contribution is 2.34. The summed E-state index contributed by atoms with van der Waals surface area (Å²) >= 11 is 0. The van der Waals surface area contributed by atoms with E-state index in [4.69, 9.17) is 45.7 Å². The number of aryl methyl sites for hydroxylation is 1. The Balaban J connectivity index is 1.23. The summed E-state index contributed by atoms with van der Waals surface area (Å²) in [6, 6.07) is 1.97. The lowest BCUT2D eigenvalue weighted by Crippen LogP contribution is -2.57. The minimum absolute atomic E-state index is 0.0192. The van der Waals surface area contributed by atoms with Gasteiger partial charge in [0.15, 0.2) is 5.82 Å². The maximum absolute atomic E-state index is 13.9. The third kappa shape index (κ3) is 27.4. The lowest BCUT2D eigenvalue weighted by Gasteiger charge is -2.29. The number of primary amides is 1. The highest BCUT2D eigenvalue weighted by atomic mass is 16.6. The number of fused-ring (bicyclic) bond motifs is 1. The molecule has 30 nitrogen and oxygen atoms in total. The second-order valence-electron chi connectivity index (χ2n) is 21.8. The maximum atomic E-state index is 13.9. The molecule has 2 aromatic heterocycles. The number of aliphatic carboxylic acids is 1. The number of urea groups is 1. The number of rotatable bonds is 42. The van der Waals surface area contributed by atoms with E-state index in [0.717, 1.165) is 62.8 Å². The number of hydrogen-bond donors (Lipinski definition) is 10. The van der Waals surface area contributed by atoms with Crippen molar-refractivity contribution in [1.29, 1.82) is 0 Å². The van der Waals surface area contributed by atoms with Gasteiger partial charge >= 0.3 is 18.1 Å². The number of alkyl carbamates (subject to hydrolysis) is 1. The smallest absolute Gasteiger partial charge is 0.407 e. The topological polar surface area (TPSA) is 432 Å². The molecule has 12 N–H and O–H groups in total. The molecular formula is C57H90N16O14. The quantitative estimate of drug-likeness (QED) is 0.0164. The maximum Gasteiger partial charge on any atom is 0.407 e. The Morgan fingerprint density at radius 3 is 2.08 bits per heavy atom. The van der Waals surface area contributed by atoms with Crippen LogP contribution < -0.4 is 53.4 Å². The monoisotopic (exact) mass is 1220 g/mol.